The summed E-state index contributed by atoms with van der Waals surface area (Å²) in [6.45, 7) is 6.17. The van der Waals surface area contributed by atoms with E-state index in [1.165, 1.54) is 10.4 Å². The third kappa shape index (κ3) is 6.35. The smallest absolute Gasteiger partial charge is 0.266 e. The Hall–Kier alpha value is -3.22. The number of likely N-dealkylation sites (tertiary alicyclic amines) is 1. The maximum Gasteiger partial charge on any atom is 0.266 e. The molecule has 0 aromatic heterocycles. The highest BCUT2D eigenvalue weighted by molar-refractivity contribution is 7.93. The normalized spacial score (nSPS) is 20.7. The van der Waals surface area contributed by atoms with Gasteiger partial charge in [-0.3, -0.25) is 14.0 Å². The Morgan fingerprint density at radius 2 is 1.72 bits per heavy atom. The quantitative estimate of drug-likeness (QED) is 0.349. The van der Waals surface area contributed by atoms with E-state index < -0.39 is 16.1 Å². The second-order valence-electron chi connectivity index (χ2n) is 12.3. The molecule has 0 radical (unpaired) electrons. The van der Waals surface area contributed by atoms with Crippen LogP contribution in [0.25, 0.3) is 0 Å². The number of aryl methyl sites for hydroxylation is 1. The first kappa shape index (κ1) is 32.7. The van der Waals surface area contributed by atoms with Gasteiger partial charge in [-0.1, -0.05) is 48.0 Å². The number of carbonyl (C=O) groups is 1. The zero-order valence-corrected chi connectivity index (χ0v) is 27.8. The molecule has 2 fully saturated rings. The summed E-state index contributed by atoms with van der Waals surface area (Å²) in [7, 11) is -1.99. The molecule has 3 aliphatic rings. The van der Waals surface area contributed by atoms with Crippen LogP contribution in [0.4, 0.5) is 10.1 Å². The maximum absolute atomic E-state index is 14.4. The van der Waals surface area contributed by atoms with Crippen molar-refractivity contribution >= 4 is 33.2 Å². The van der Waals surface area contributed by atoms with Gasteiger partial charge in [0.1, 0.15) is 35.7 Å². The summed E-state index contributed by atoms with van der Waals surface area (Å²) in [6.07, 6.45) is 1.37. The molecular formula is C34H40ClFN4O5S. The first-order valence-corrected chi connectivity index (χ1v) is 17.5. The number of hydrogen-bond donors (Lipinski definition) is 0. The van der Waals surface area contributed by atoms with Crippen LogP contribution in [0.1, 0.15) is 24.0 Å². The molecule has 0 spiro atoms. The van der Waals surface area contributed by atoms with Gasteiger partial charge >= 0.3 is 0 Å². The molecule has 246 valence electrons. The van der Waals surface area contributed by atoms with E-state index in [2.05, 4.69) is 16.8 Å². The van der Waals surface area contributed by atoms with Crippen LogP contribution in [-0.4, -0.2) is 101 Å². The first-order chi connectivity index (χ1) is 22.1. The van der Waals surface area contributed by atoms with Crippen molar-refractivity contribution in [3.05, 3.63) is 88.7 Å². The van der Waals surface area contributed by atoms with E-state index in [1.54, 1.807) is 66.4 Å². The molecular weight excluding hydrogens is 631 g/mol. The predicted octanol–water partition coefficient (Wildman–Crippen LogP) is 4.53. The fourth-order valence-corrected chi connectivity index (χ4v) is 9.42. The van der Waals surface area contributed by atoms with Crippen LogP contribution in [0.3, 0.4) is 0 Å². The average Bonchev–Trinajstić information content (AvgIpc) is 3.04. The number of carbonyl (C=O) groups excluding carboxylic acids is 1. The molecule has 0 bridgehead atoms. The van der Waals surface area contributed by atoms with Crippen LogP contribution in [-0.2, 0) is 25.1 Å². The van der Waals surface area contributed by atoms with Crippen LogP contribution in [0, 0.1) is 12.7 Å². The van der Waals surface area contributed by atoms with Crippen molar-refractivity contribution in [2.24, 2.45) is 0 Å². The van der Waals surface area contributed by atoms with Crippen molar-refractivity contribution in [1.82, 2.24) is 14.7 Å². The van der Waals surface area contributed by atoms with E-state index in [1.807, 2.05) is 6.07 Å². The average molecular weight is 671 g/mol. The number of piperazine rings is 1. The van der Waals surface area contributed by atoms with E-state index in [9.17, 15) is 17.6 Å². The molecule has 0 saturated carbocycles. The first-order valence-electron chi connectivity index (χ1n) is 15.7. The third-order valence-corrected chi connectivity index (χ3v) is 12.0. The number of para-hydroxylation sites is 2. The molecule has 0 aliphatic carbocycles. The number of ether oxygens (including phenoxy) is 2. The number of benzene rings is 3. The fourth-order valence-electron chi connectivity index (χ4n) is 6.99. The number of hydrogen-bond acceptors (Lipinski definition) is 7. The Balaban J connectivity index is 1.14. The van der Waals surface area contributed by atoms with E-state index in [4.69, 9.17) is 21.1 Å². The number of sulfonamides is 1. The number of nitrogens with zero attached hydrogens (tertiary/aromatic N) is 4. The Labute approximate surface area is 275 Å². The summed E-state index contributed by atoms with van der Waals surface area (Å²) in [5.41, 5.74) is 1.52. The van der Waals surface area contributed by atoms with Crippen molar-refractivity contribution in [3.63, 3.8) is 0 Å². The van der Waals surface area contributed by atoms with E-state index in [-0.39, 0.29) is 47.0 Å². The van der Waals surface area contributed by atoms with E-state index in [0.717, 1.165) is 31.7 Å². The van der Waals surface area contributed by atoms with Crippen molar-refractivity contribution < 1.29 is 27.1 Å². The number of piperidine rings is 1. The minimum absolute atomic E-state index is 0.0323. The summed E-state index contributed by atoms with van der Waals surface area (Å²) in [4.78, 5) is 20.0. The lowest BCUT2D eigenvalue weighted by molar-refractivity contribution is -0.139. The van der Waals surface area contributed by atoms with Gasteiger partial charge in [0.2, 0.25) is 5.91 Å². The summed E-state index contributed by atoms with van der Waals surface area (Å²) >= 11 is 6.42. The number of halogens is 2. The number of rotatable bonds is 8. The minimum Gasteiger partial charge on any atom is -0.489 e. The SMILES string of the molecule is Cc1cccc(Cl)c1S(=O)(=O)N1c2ccccc2OCC1COCC(=O)N1CCC(c2cccc(F)c2)(N2CCN(C)CC2)CC1. The van der Waals surface area contributed by atoms with Crippen LogP contribution >= 0.6 is 11.6 Å². The molecule has 3 heterocycles. The van der Waals surface area contributed by atoms with Crippen molar-refractivity contribution in [3.8, 4) is 5.75 Å². The standard InChI is InChI=1S/C34H40ClFN4O5S/c1-25-7-5-10-29(35)33(25)46(42,43)40-28(23-45-31-12-4-3-11-30(31)40)22-44-24-32(41)38-15-13-34(14-16-38,26-8-6-9-27(36)21-26)39-19-17-37(2)18-20-39/h3-12,21,28H,13-20,22-24H2,1-2H3. The van der Waals surface area contributed by atoms with Gasteiger partial charge in [0, 0.05) is 44.8 Å². The van der Waals surface area contributed by atoms with Crippen molar-refractivity contribution in [2.75, 3.05) is 70.4 Å². The Bertz CT molecular complexity index is 1660. The summed E-state index contributed by atoms with van der Waals surface area (Å²) in [5, 5.41) is 0.134. The van der Waals surface area contributed by atoms with Crippen LogP contribution < -0.4 is 9.04 Å². The number of fused-ring (bicyclic) bond motifs is 1. The molecule has 1 atom stereocenters. The monoisotopic (exact) mass is 670 g/mol. The van der Waals surface area contributed by atoms with Gasteiger partial charge in [0.05, 0.1) is 17.3 Å². The number of anilines is 1. The summed E-state index contributed by atoms with van der Waals surface area (Å²) in [6, 6.07) is 18.1. The number of likely N-dealkylation sites (N-methyl/N-ethyl adjacent to an activating group) is 1. The molecule has 46 heavy (non-hydrogen) atoms. The molecule has 1 unspecified atom stereocenters. The Kier molecular flexibility index (Phi) is 9.59. The lowest BCUT2D eigenvalue weighted by Crippen LogP contribution is -2.59. The van der Waals surface area contributed by atoms with E-state index in [0.29, 0.717) is 42.9 Å². The molecule has 9 nitrogen and oxygen atoms in total. The molecule has 1 amide bonds. The Morgan fingerprint density at radius 3 is 2.43 bits per heavy atom. The van der Waals surface area contributed by atoms with Crippen LogP contribution in [0.2, 0.25) is 5.02 Å². The lowest BCUT2D eigenvalue weighted by Gasteiger charge is -2.51. The minimum atomic E-state index is -4.10. The van der Waals surface area contributed by atoms with Crippen molar-refractivity contribution in [2.45, 2.75) is 36.2 Å². The van der Waals surface area contributed by atoms with Gasteiger partial charge in [0.25, 0.3) is 10.0 Å². The van der Waals surface area contributed by atoms with Crippen LogP contribution in [0.5, 0.6) is 5.75 Å². The summed E-state index contributed by atoms with van der Waals surface area (Å²) in [5.74, 6) is 0.0197. The second-order valence-corrected chi connectivity index (χ2v) is 14.5. The highest BCUT2D eigenvalue weighted by Gasteiger charge is 2.43. The zero-order chi connectivity index (χ0) is 32.5. The molecule has 3 aliphatic heterocycles. The summed E-state index contributed by atoms with van der Waals surface area (Å²) < 4.78 is 55.8. The van der Waals surface area contributed by atoms with Gasteiger partial charge in [-0.2, -0.15) is 0 Å². The highest BCUT2D eigenvalue weighted by atomic mass is 35.5. The van der Waals surface area contributed by atoms with Crippen molar-refractivity contribution in [1.29, 1.82) is 0 Å². The molecule has 6 rings (SSSR count). The highest BCUT2D eigenvalue weighted by Crippen LogP contribution is 2.41. The Morgan fingerprint density at radius 1 is 1.00 bits per heavy atom. The molecule has 0 N–H and O–H groups in total. The maximum atomic E-state index is 14.4. The van der Waals surface area contributed by atoms with Gasteiger partial charge in [-0.05, 0) is 68.3 Å². The molecule has 12 heteroatoms. The largest absolute Gasteiger partial charge is 0.489 e. The van der Waals surface area contributed by atoms with Gasteiger partial charge in [-0.15, -0.1) is 0 Å². The molecule has 2 saturated heterocycles. The zero-order valence-electron chi connectivity index (χ0n) is 26.2. The van der Waals surface area contributed by atoms with Gasteiger partial charge in [-0.25, -0.2) is 12.8 Å². The van der Waals surface area contributed by atoms with Crippen LogP contribution in [0.15, 0.2) is 71.6 Å². The van der Waals surface area contributed by atoms with E-state index >= 15 is 0 Å². The molecule has 3 aromatic rings. The fraction of sp³-hybridized carbons (Fsp3) is 0.441. The van der Waals surface area contributed by atoms with Gasteiger partial charge in [0.15, 0.2) is 0 Å². The lowest BCUT2D eigenvalue weighted by atomic mass is 9.78. The third-order valence-electron chi connectivity index (χ3n) is 9.50. The second kappa shape index (κ2) is 13.5. The predicted molar refractivity (Wildman–Crippen MR) is 175 cm³/mol. The number of amides is 1. The van der Waals surface area contributed by atoms with Gasteiger partial charge < -0.3 is 19.3 Å². The topological polar surface area (TPSA) is 82.6 Å². The molecule has 3 aromatic carbocycles.